The van der Waals surface area contributed by atoms with Gasteiger partial charge in [0.05, 0.1) is 11.6 Å². The Kier molecular flexibility index (Phi) is 3.90. The number of amides is 1. The van der Waals surface area contributed by atoms with Gasteiger partial charge < -0.3 is 10.6 Å². The number of carbonyl (C=O) groups is 1. The van der Waals surface area contributed by atoms with Gasteiger partial charge in [0.1, 0.15) is 5.82 Å². The quantitative estimate of drug-likeness (QED) is 0.836. The first-order valence-electron chi connectivity index (χ1n) is 5.87. The number of nitrogens with zero attached hydrogens (tertiary/aromatic N) is 1. The van der Waals surface area contributed by atoms with Crippen LogP contribution in [-0.2, 0) is 11.3 Å². The Hall–Kier alpha value is -1.93. The number of hydrogen-bond donors (Lipinski definition) is 2. The lowest BCUT2D eigenvalue weighted by molar-refractivity contribution is -0.119. The van der Waals surface area contributed by atoms with Gasteiger partial charge in [-0.2, -0.15) is 5.26 Å². The van der Waals surface area contributed by atoms with Crippen molar-refractivity contribution in [1.82, 2.24) is 10.6 Å². The van der Waals surface area contributed by atoms with Crippen molar-refractivity contribution in [2.24, 2.45) is 0 Å². The van der Waals surface area contributed by atoms with E-state index in [-0.39, 0.29) is 17.8 Å². The predicted octanol–water partition coefficient (Wildman–Crippen LogP) is 1.07. The minimum Gasteiger partial charge on any atom is -0.352 e. The Bertz CT molecular complexity index is 495. The lowest BCUT2D eigenvalue weighted by Crippen LogP contribution is -2.35. The first kappa shape index (κ1) is 12.5. The van der Waals surface area contributed by atoms with Gasteiger partial charge in [-0.1, -0.05) is 0 Å². The van der Waals surface area contributed by atoms with Gasteiger partial charge in [0.15, 0.2) is 0 Å². The monoisotopic (exact) mass is 247 g/mol. The summed E-state index contributed by atoms with van der Waals surface area (Å²) in [5.41, 5.74) is 1.11. The second-order valence-corrected chi connectivity index (χ2v) is 4.35. The molecule has 1 heterocycles. The van der Waals surface area contributed by atoms with E-state index in [1.54, 1.807) is 0 Å². The third kappa shape index (κ3) is 3.05. The highest BCUT2D eigenvalue weighted by molar-refractivity contribution is 5.78. The minimum atomic E-state index is -0.347. The molecule has 1 saturated heterocycles. The summed E-state index contributed by atoms with van der Waals surface area (Å²) in [7, 11) is 0. The molecule has 0 spiro atoms. The van der Waals surface area contributed by atoms with Crippen molar-refractivity contribution in [3.63, 3.8) is 0 Å². The van der Waals surface area contributed by atoms with E-state index < -0.39 is 0 Å². The van der Waals surface area contributed by atoms with Gasteiger partial charge in [0.25, 0.3) is 0 Å². The third-order valence-electron chi connectivity index (χ3n) is 2.98. The molecule has 1 aromatic rings. The Morgan fingerprint density at radius 1 is 1.56 bits per heavy atom. The lowest BCUT2D eigenvalue weighted by atomic mass is 10.1. The Morgan fingerprint density at radius 3 is 3.06 bits per heavy atom. The molecule has 0 saturated carbocycles. The molecule has 0 aromatic heterocycles. The molecule has 1 aliphatic rings. The van der Waals surface area contributed by atoms with Crippen LogP contribution in [0.5, 0.6) is 0 Å². The number of rotatable bonds is 4. The number of carbonyl (C=O) groups excluding carboxylic acids is 1. The van der Waals surface area contributed by atoms with Crippen LogP contribution >= 0.6 is 0 Å². The van der Waals surface area contributed by atoms with Gasteiger partial charge >= 0.3 is 0 Å². The van der Waals surface area contributed by atoms with Crippen LogP contribution in [0.4, 0.5) is 4.39 Å². The molecule has 1 unspecified atom stereocenters. The molecule has 0 bridgehead atoms. The van der Waals surface area contributed by atoms with Crippen molar-refractivity contribution in [3.8, 4) is 6.07 Å². The van der Waals surface area contributed by atoms with Crippen LogP contribution in [-0.4, -0.2) is 18.5 Å². The molecule has 1 aliphatic heterocycles. The number of nitrogens with one attached hydrogen (secondary N) is 2. The summed E-state index contributed by atoms with van der Waals surface area (Å²) in [4.78, 5) is 11.0. The van der Waals surface area contributed by atoms with E-state index in [9.17, 15) is 9.18 Å². The second-order valence-electron chi connectivity index (χ2n) is 4.35. The van der Waals surface area contributed by atoms with Crippen molar-refractivity contribution < 1.29 is 9.18 Å². The Labute approximate surface area is 105 Å². The van der Waals surface area contributed by atoms with E-state index in [1.165, 1.54) is 18.2 Å². The molecule has 18 heavy (non-hydrogen) atoms. The van der Waals surface area contributed by atoms with Crippen molar-refractivity contribution in [2.45, 2.75) is 25.4 Å². The van der Waals surface area contributed by atoms with Gasteiger partial charge in [-0.15, -0.1) is 0 Å². The summed E-state index contributed by atoms with van der Waals surface area (Å²) in [6.07, 6.45) is 1.38. The zero-order chi connectivity index (χ0) is 13.0. The lowest BCUT2D eigenvalue weighted by Gasteiger charge is -2.11. The highest BCUT2D eigenvalue weighted by Gasteiger charge is 2.19. The van der Waals surface area contributed by atoms with Gasteiger partial charge in [0, 0.05) is 25.6 Å². The van der Waals surface area contributed by atoms with Crippen LogP contribution in [0.1, 0.15) is 24.0 Å². The number of hydrogen-bond acceptors (Lipinski definition) is 3. The first-order valence-corrected chi connectivity index (χ1v) is 5.87. The standard InChI is InChI=1S/C13H14FN3O/c14-11-2-1-9(6-15)10(5-11)7-16-8-12-3-4-13(18)17-12/h1-2,5,12,16H,3-4,7-8H2,(H,17,18). The topological polar surface area (TPSA) is 64.9 Å². The molecular formula is C13H14FN3O. The van der Waals surface area contributed by atoms with Gasteiger partial charge in [-0.3, -0.25) is 4.79 Å². The largest absolute Gasteiger partial charge is 0.352 e. The van der Waals surface area contributed by atoms with E-state index in [0.717, 1.165) is 6.42 Å². The highest BCUT2D eigenvalue weighted by Crippen LogP contribution is 2.11. The van der Waals surface area contributed by atoms with E-state index >= 15 is 0 Å². The van der Waals surface area contributed by atoms with Crippen LogP contribution in [0.3, 0.4) is 0 Å². The maximum atomic E-state index is 13.1. The van der Waals surface area contributed by atoms with Crippen LogP contribution in [0.25, 0.3) is 0 Å². The molecule has 4 nitrogen and oxygen atoms in total. The Morgan fingerprint density at radius 2 is 2.39 bits per heavy atom. The fourth-order valence-electron chi connectivity index (χ4n) is 2.03. The molecule has 1 aromatic carbocycles. The van der Waals surface area contributed by atoms with Gasteiger partial charge in [0.2, 0.25) is 5.91 Å². The first-order chi connectivity index (χ1) is 8.69. The zero-order valence-corrected chi connectivity index (χ0v) is 9.87. The number of nitriles is 1. The summed E-state index contributed by atoms with van der Waals surface area (Å²) < 4.78 is 13.1. The third-order valence-corrected chi connectivity index (χ3v) is 2.98. The summed E-state index contributed by atoms with van der Waals surface area (Å²) in [6.45, 7) is 1.06. The van der Waals surface area contributed by atoms with E-state index in [4.69, 9.17) is 5.26 Å². The van der Waals surface area contributed by atoms with Crippen molar-refractivity contribution in [3.05, 3.63) is 35.1 Å². The normalized spacial score (nSPS) is 18.4. The average Bonchev–Trinajstić information content (AvgIpc) is 2.75. The van der Waals surface area contributed by atoms with Crippen molar-refractivity contribution >= 4 is 5.91 Å². The molecule has 0 aliphatic carbocycles. The van der Waals surface area contributed by atoms with E-state index in [2.05, 4.69) is 10.6 Å². The molecule has 1 atom stereocenters. The SMILES string of the molecule is N#Cc1ccc(F)cc1CNCC1CCC(=O)N1. The highest BCUT2D eigenvalue weighted by atomic mass is 19.1. The van der Waals surface area contributed by atoms with Crippen LogP contribution < -0.4 is 10.6 Å². The maximum Gasteiger partial charge on any atom is 0.220 e. The summed E-state index contributed by atoms with van der Waals surface area (Å²) in [5.74, 6) is -0.273. The van der Waals surface area contributed by atoms with Crippen LogP contribution in [0.2, 0.25) is 0 Å². The molecule has 5 heteroatoms. The molecule has 94 valence electrons. The van der Waals surface area contributed by atoms with E-state index in [1.807, 2.05) is 6.07 Å². The van der Waals surface area contributed by atoms with Gasteiger partial charge in [-0.25, -0.2) is 4.39 Å². The minimum absolute atomic E-state index is 0.0743. The molecular weight excluding hydrogens is 233 g/mol. The number of halogens is 1. The van der Waals surface area contributed by atoms with Crippen LogP contribution in [0, 0.1) is 17.1 Å². The average molecular weight is 247 g/mol. The van der Waals surface area contributed by atoms with Crippen molar-refractivity contribution in [1.29, 1.82) is 5.26 Å². The summed E-state index contributed by atoms with van der Waals surface area (Å²) >= 11 is 0. The molecule has 2 rings (SSSR count). The van der Waals surface area contributed by atoms with Crippen molar-refractivity contribution in [2.75, 3.05) is 6.54 Å². The molecule has 0 radical (unpaired) electrons. The van der Waals surface area contributed by atoms with E-state index in [0.29, 0.717) is 30.6 Å². The Balaban J connectivity index is 1.88. The predicted molar refractivity (Wildman–Crippen MR) is 64.0 cm³/mol. The molecule has 1 amide bonds. The summed E-state index contributed by atoms with van der Waals surface area (Å²) in [5, 5.41) is 14.9. The van der Waals surface area contributed by atoms with Gasteiger partial charge in [-0.05, 0) is 30.2 Å². The zero-order valence-electron chi connectivity index (χ0n) is 9.87. The smallest absolute Gasteiger partial charge is 0.220 e. The van der Waals surface area contributed by atoms with Crippen LogP contribution in [0.15, 0.2) is 18.2 Å². The summed E-state index contributed by atoms with van der Waals surface area (Å²) in [6, 6.07) is 6.28. The second kappa shape index (κ2) is 5.61. The maximum absolute atomic E-state index is 13.1. The number of benzene rings is 1. The molecule has 2 N–H and O–H groups in total. The fourth-order valence-corrected chi connectivity index (χ4v) is 2.03. The fraction of sp³-hybridized carbons (Fsp3) is 0.385. The molecule has 1 fully saturated rings.